The van der Waals surface area contributed by atoms with Crippen molar-refractivity contribution in [3.63, 3.8) is 0 Å². The fourth-order valence-corrected chi connectivity index (χ4v) is 2.88. The maximum Gasteiger partial charge on any atom is 0.332 e. The first kappa shape index (κ1) is 25.6. The van der Waals surface area contributed by atoms with Crippen LogP contribution in [-0.4, -0.2) is 24.6 Å². The normalized spacial score (nSPS) is 13.8. The number of carbonyl (C=O) groups is 3. The van der Waals surface area contributed by atoms with E-state index in [9.17, 15) is 23.2 Å². The largest absolute Gasteiger partial charge is 0.452 e. The monoisotopic (exact) mass is 493 g/mol. The van der Waals surface area contributed by atoms with Crippen molar-refractivity contribution in [2.75, 3.05) is 10.2 Å². The van der Waals surface area contributed by atoms with Crippen LogP contribution in [0.3, 0.4) is 0 Å². The summed E-state index contributed by atoms with van der Waals surface area (Å²) >= 11 is 0. The Bertz CT molecular complexity index is 1300. The summed E-state index contributed by atoms with van der Waals surface area (Å²) in [7, 11) is 0. The number of rotatable bonds is 8. The van der Waals surface area contributed by atoms with Gasteiger partial charge in [-0.15, -0.1) is 0 Å². The summed E-state index contributed by atoms with van der Waals surface area (Å²) < 4.78 is 33.2. The number of carbonyl (C=O) groups excluding carboxylic acids is 3. The van der Waals surface area contributed by atoms with Gasteiger partial charge in [-0.25, -0.2) is 18.5 Å². The Morgan fingerprint density at radius 3 is 2.56 bits per heavy atom. The lowest BCUT2D eigenvalue weighted by molar-refractivity contribution is -0.112. The molecule has 1 aliphatic rings. The van der Waals surface area contributed by atoms with E-state index in [2.05, 4.69) is 16.0 Å². The first-order chi connectivity index (χ1) is 17.3. The zero-order chi connectivity index (χ0) is 26.1. The van der Waals surface area contributed by atoms with Gasteiger partial charge in [-0.2, -0.15) is 0 Å². The van der Waals surface area contributed by atoms with E-state index in [0.717, 1.165) is 30.6 Å². The van der Waals surface area contributed by atoms with E-state index in [1.807, 2.05) is 0 Å². The summed E-state index contributed by atoms with van der Waals surface area (Å²) in [6, 6.07) is 7.64. The number of amides is 4. The minimum Gasteiger partial charge on any atom is -0.452 e. The number of imide groups is 1. The standard InChI is InChI=1S/C25H21F2N5O4/c1-16(14-30-25(35)32(15-33)19-7-4-17(26)5-8-19)24(34)31-18-6-9-22(20(27)13-18)36-23-3-2-12-29-21(23)10-11-28/h2-15,28-29H,1H3,(H,30,35)(H,31,34)/b16-14+,21-10-,28-11?. The van der Waals surface area contributed by atoms with Crippen molar-refractivity contribution < 1.29 is 27.9 Å². The number of anilines is 2. The van der Waals surface area contributed by atoms with Crippen molar-refractivity contribution >= 4 is 35.9 Å². The summed E-state index contributed by atoms with van der Waals surface area (Å²) in [4.78, 5) is 36.7. The van der Waals surface area contributed by atoms with E-state index in [0.29, 0.717) is 16.4 Å². The van der Waals surface area contributed by atoms with Crippen molar-refractivity contribution in [1.29, 1.82) is 5.41 Å². The number of allylic oxidation sites excluding steroid dienone is 3. The van der Waals surface area contributed by atoms with Gasteiger partial charge in [-0.1, -0.05) is 0 Å². The predicted molar refractivity (Wildman–Crippen MR) is 130 cm³/mol. The molecule has 0 atom stereocenters. The van der Waals surface area contributed by atoms with Crippen molar-refractivity contribution in [2.45, 2.75) is 6.92 Å². The maximum atomic E-state index is 14.6. The van der Waals surface area contributed by atoms with Gasteiger partial charge < -0.3 is 26.1 Å². The molecule has 0 aliphatic carbocycles. The van der Waals surface area contributed by atoms with Crippen LogP contribution in [0.15, 0.2) is 90.1 Å². The van der Waals surface area contributed by atoms with Gasteiger partial charge in [0.05, 0.1) is 11.4 Å². The number of ether oxygens (including phenoxy) is 1. The van der Waals surface area contributed by atoms with Crippen LogP contribution in [0.5, 0.6) is 5.75 Å². The summed E-state index contributed by atoms with van der Waals surface area (Å²) in [6.45, 7) is 1.40. The van der Waals surface area contributed by atoms with Gasteiger partial charge in [0.2, 0.25) is 6.41 Å². The van der Waals surface area contributed by atoms with Crippen molar-refractivity contribution in [1.82, 2.24) is 10.6 Å². The fraction of sp³-hybridized carbons (Fsp3) is 0.0400. The predicted octanol–water partition coefficient (Wildman–Crippen LogP) is 4.09. The molecule has 0 unspecified atom stereocenters. The first-order valence-corrected chi connectivity index (χ1v) is 10.4. The van der Waals surface area contributed by atoms with Crippen LogP contribution < -0.4 is 25.6 Å². The maximum absolute atomic E-state index is 14.6. The van der Waals surface area contributed by atoms with Crippen LogP contribution in [0.2, 0.25) is 0 Å². The van der Waals surface area contributed by atoms with E-state index in [-0.39, 0.29) is 29.1 Å². The zero-order valence-corrected chi connectivity index (χ0v) is 18.9. The summed E-state index contributed by atoms with van der Waals surface area (Å²) in [5.74, 6) is -1.70. The quantitative estimate of drug-likeness (QED) is 0.251. The molecule has 0 spiro atoms. The first-order valence-electron chi connectivity index (χ1n) is 10.4. The molecule has 4 amide bonds. The number of hydrogen-bond donors (Lipinski definition) is 4. The molecule has 1 heterocycles. The molecule has 0 radical (unpaired) electrons. The van der Waals surface area contributed by atoms with Gasteiger partial charge in [0, 0.05) is 35.9 Å². The highest BCUT2D eigenvalue weighted by Gasteiger charge is 2.16. The van der Waals surface area contributed by atoms with Gasteiger partial charge in [0.25, 0.3) is 5.91 Å². The zero-order valence-electron chi connectivity index (χ0n) is 18.9. The molecule has 0 saturated carbocycles. The van der Waals surface area contributed by atoms with Crippen molar-refractivity contribution in [3.05, 3.63) is 102 Å². The minimum atomic E-state index is -0.867. The summed E-state index contributed by atoms with van der Waals surface area (Å²) in [5.41, 5.74) is 0.796. The van der Waals surface area contributed by atoms with Crippen molar-refractivity contribution in [3.8, 4) is 5.75 Å². The van der Waals surface area contributed by atoms with E-state index in [4.69, 9.17) is 10.1 Å². The number of hydrogen-bond acceptors (Lipinski definition) is 6. The summed E-state index contributed by atoms with van der Waals surface area (Å²) in [6.07, 6.45) is 8.73. The third kappa shape index (κ3) is 6.50. The molecule has 36 heavy (non-hydrogen) atoms. The number of halogens is 2. The van der Waals surface area contributed by atoms with Crippen LogP contribution in [0.25, 0.3) is 0 Å². The Labute approximate surface area is 204 Å². The topological polar surface area (TPSA) is 124 Å². The third-order valence-electron chi connectivity index (χ3n) is 4.71. The molecule has 2 aromatic rings. The lowest BCUT2D eigenvalue weighted by Gasteiger charge is -2.16. The Morgan fingerprint density at radius 1 is 1.14 bits per heavy atom. The SMILES string of the molecule is C/C(=C\NC(=O)N(C=O)c1ccc(F)cc1)C(=O)Nc1ccc(OC2=CC=CN/C2=C\C=N)c(F)c1. The second kappa shape index (κ2) is 11.9. The Kier molecular flexibility index (Phi) is 8.44. The minimum absolute atomic E-state index is 0.0562. The van der Waals surface area contributed by atoms with Gasteiger partial charge >= 0.3 is 6.03 Å². The molecule has 2 aromatic carbocycles. The van der Waals surface area contributed by atoms with Crippen LogP contribution >= 0.6 is 0 Å². The second-order valence-electron chi connectivity index (χ2n) is 7.21. The van der Waals surface area contributed by atoms with Crippen LogP contribution in [0.4, 0.5) is 25.0 Å². The molecule has 0 bridgehead atoms. The Hall–Kier alpha value is -5.06. The number of dihydropyridines is 1. The third-order valence-corrected chi connectivity index (χ3v) is 4.71. The van der Waals surface area contributed by atoms with Crippen molar-refractivity contribution in [2.24, 2.45) is 0 Å². The van der Waals surface area contributed by atoms with E-state index >= 15 is 0 Å². The molecule has 11 heteroatoms. The lowest BCUT2D eigenvalue weighted by atomic mass is 10.2. The lowest BCUT2D eigenvalue weighted by Crippen LogP contribution is -2.37. The molecule has 0 saturated heterocycles. The number of nitrogens with zero attached hydrogens (tertiary/aromatic N) is 1. The van der Waals surface area contributed by atoms with Gasteiger partial charge in [-0.05, 0) is 61.5 Å². The average Bonchev–Trinajstić information content (AvgIpc) is 2.87. The van der Waals surface area contributed by atoms with Crippen LogP contribution in [0, 0.1) is 17.0 Å². The Balaban J connectivity index is 1.63. The number of urea groups is 1. The highest BCUT2D eigenvalue weighted by Crippen LogP contribution is 2.25. The average molecular weight is 493 g/mol. The van der Waals surface area contributed by atoms with E-state index < -0.39 is 23.6 Å². The summed E-state index contributed by atoms with van der Waals surface area (Å²) in [5, 5.41) is 14.9. The molecule has 0 aromatic heterocycles. The van der Waals surface area contributed by atoms with E-state index in [1.165, 1.54) is 37.3 Å². The van der Waals surface area contributed by atoms with Gasteiger partial charge in [-0.3, -0.25) is 9.59 Å². The molecule has 4 N–H and O–H groups in total. The Morgan fingerprint density at radius 2 is 1.89 bits per heavy atom. The highest BCUT2D eigenvalue weighted by molar-refractivity contribution is 6.07. The second-order valence-corrected chi connectivity index (χ2v) is 7.21. The van der Waals surface area contributed by atoms with Crippen LogP contribution in [0.1, 0.15) is 6.92 Å². The number of benzene rings is 2. The van der Waals surface area contributed by atoms with Gasteiger partial charge in [0.15, 0.2) is 17.3 Å². The van der Waals surface area contributed by atoms with Gasteiger partial charge in [0.1, 0.15) is 5.82 Å². The number of nitrogens with one attached hydrogen (secondary N) is 4. The molecular weight excluding hydrogens is 472 g/mol. The van der Waals surface area contributed by atoms with E-state index in [1.54, 1.807) is 18.4 Å². The molecule has 9 nitrogen and oxygen atoms in total. The molecular formula is C25H21F2N5O4. The smallest absolute Gasteiger partial charge is 0.332 e. The highest BCUT2D eigenvalue weighted by atomic mass is 19.1. The molecule has 0 fully saturated rings. The molecule has 3 rings (SSSR count). The molecule has 1 aliphatic heterocycles. The fourth-order valence-electron chi connectivity index (χ4n) is 2.88. The van der Waals surface area contributed by atoms with Crippen LogP contribution in [-0.2, 0) is 9.59 Å². The molecule has 184 valence electrons.